The van der Waals surface area contributed by atoms with E-state index in [9.17, 15) is 4.79 Å². The highest BCUT2D eigenvalue weighted by Crippen LogP contribution is 2.28. The Bertz CT molecular complexity index is 1050. The van der Waals surface area contributed by atoms with Crippen LogP contribution < -0.4 is 20.5 Å². The third-order valence-corrected chi connectivity index (χ3v) is 3.96. The van der Waals surface area contributed by atoms with Crippen molar-refractivity contribution in [2.75, 3.05) is 12.5 Å². The second kappa shape index (κ2) is 9.05. The maximum atomic E-state index is 11.4. The van der Waals surface area contributed by atoms with Crippen LogP contribution in [0.5, 0.6) is 11.5 Å². The Labute approximate surface area is 167 Å². The minimum absolute atomic E-state index is 0.243. The zero-order valence-corrected chi connectivity index (χ0v) is 16.2. The number of benzene rings is 2. The van der Waals surface area contributed by atoms with Crippen molar-refractivity contribution in [3.63, 3.8) is 0 Å². The number of H-pyrrole nitrogens is 1. The molecule has 0 fully saturated rings. The first-order chi connectivity index (χ1) is 13.5. The molecule has 3 rings (SSSR count). The maximum absolute atomic E-state index is 11.4. The van der Waals surface area contributed by atoms with E-state index in [0.29, 0.717) is 28.8 Å². The Morgan fingerprint density at radius 3 is 2.82 bits per heavy atom. The largest absolute Gasteiger partial charge is 0.493 e. The van der Waals surface area contributed by atoms with Crippen LogP contribution in [0.15, 0.2) is 58.4 Å². The van der Waals surface area contributed by atoms with Crippen LogP contribution in [0.4, 0.5) is 5.95 Å². The monoisotopic (exact) mass is 398 g/mol. The fourth-order valence-corrected chi connectivity index (χ4v) is 2.68. The molecule has 144 valence electrons. The molecule has 0 aliphatic rings. The van der Waals surface area contributed by atoms with Crippen molar-refractivity contribution in [2.24, 2.45) is 5.10 Å². The van der Waals surface area contributed by atoms with Gasteiger partial charge in [-0.1, -0.05) is 23.7 Å². The molecule has 0 atom stereocenters. The minimum Gasteiger partial charge on any atom is -0.493 e. The summed E-state index contributed by atoms with van der Waals surface area (Å²) in [6, 6.07) is 14.3. The van der Waals surface area contributed by atoms with Crippen LogP contribution in [0.1, 0.15) is 16.8 Å². The zero-order valence-electron chi connectivity index (χ0n) is 15.4. The van der Waals surface area contributed by atoms with E-state index < -0.39 is 0 Å². The molecule has 0 aliphatic carbocycles. The Balaban J connectivity index is 1.67. The van der Waals surface area contributed by atoms with Gasteiger partial charge in [0.2, 0.25) is 5.95 Å². The van der Waals surface area contributed by atoms with E-state index in [1.54, 1.807) is 32.4 Å². The highest BCUT2D eigenvalue weighted by molar-refractivity contribution is 6.30. The standard InChI is InChI=1S/C20H19ClN4O3/c1-13-8-19(26)24-20(23-13)25-22-11-14-6-7-17(18(10-14)27-2)28-12-15-4-3-5-16(21)9-15/h3-11H,12H2,1-2H3,(H2,23,24,25,26)/b22-11-. The molecule has 7 nitrogen and oxygen atoms in total. The zero-order chi connectivity index (χ0) is 19.9. The second-order valence-electron chi connectivity index (χ2n) is 5.93. The summed E-state index contributed by atoms with van der Waals surface area (Å²) in [5.74, 6) is 1.46. The molecule has 0 radical (unpaired) electrons. The van der Waals surface area contributed by atoms with Crippen LogP contribution in [-0.4, -0.2) is 23.3 Å². The number of nitrogens with zero attached hydrogens (tertiary/aromatic N) is 2. The summed E-state index contributed by atoms with van der Waals surface area (Å²) in [5.41, 5.74) is 4.80. The summed E-state index contributed by atoms with van der Waals surface area (Å²) in [6.45, 7) is 2.11. The SMILES string of the molecule is COc1cc(/C=N\Nc2nc(C)cc(=O)[nH]2)ccc1OCc1cccc(Cl)c1. The summed E-state index contributed by atoms with van der Waals surface area (Å²) < 4.78 is 11.2. The van der Waals surface area contributed by atoms with Crippen LogP contribution >= 0.6 is 11.6 Å². The maximum Gasteiger partial charge on any atom is 0.252 e. The van der Waals surface area contributed by atoms with Crippen molar-refractivity contribution in [1.29, 1.82) is 0 Å². The normalized spacial score (nSPS) is 10.8. The summed E-state index contributed by atoms with van der Waals surface area (Å²) in [5, 5.41) is 4.75. The van der Waals surface area contributed by atoms with Crippen molar-refractivity contribution >= 4 is 23.8 Å². The molecule has 0 aliphatic heterocycles. The Kier molecular flexibility index (Phi) is 6.29. The van der Waals surface area contributed by atoms with Crippen molar-refractivity contribution in [2.45, 2.75) is 13.5 Å². The highest BCUT2D eigenvalue weighted by Gasteiger charge is 2.06. The lowest BCUT2D eigenvalue weighted by atomic mass is 10.2. The second-order valence-corrected chi connectivity index (χ2v) is 6.37. The van der Waals surface area contributed by atoms with E-state index in [-0.39, 0.29) is 11.5 Å². The summed E-state index contributed by atoms with van der Waals surface area (Å²) in [6.07, 6.45) is 1.59. The number of aryl methyl sites for hydroxylation is 1. The lowest BCUT2D eigenvalue weighted by Crippen LogP contribution is -2.10. The first-order valence-electron chi connectivity index (χ1n) is 8.46. The van der Waals surface area contributed by atoms with Gasteiger partial charge >= 0.3 is 0 Å². The lowest BCUT2D eigenvalue weighted by molar-refractivity contribution is 0.284. The van der Waals surface area contributed by atoms with Gasteiger partial charge in [0.15, 0.2) is 11.5 Å². The number of hydrogen-bond donors (Lipinski definition) is 2. The first kappa shape index (κ1) is 19.4. The highest BCUT2D eigenvalue weighted by atomic mass is 35.5. The van der Waals surface area contributed by atoms with Gasteiger partial charge in [-0.2, -0.15) is 5.10 Å². The average Bonchev–Trinajstić information content (AvgIpc) is 2.66. The molecule has 3 aromatic rings. The smallest absolute Gasteiger partial charge is 0.252 e. The fourth-order valence-electron chi connectivity index (χ4n) is 2.47. The molecule has 0 saturated carbocycles. The van der Waals surface area contributed by atoms with E-state index >= 15 is 0 Å². The minimum atomic E-state index is -0.243. The van der Waals surface area contributed by atoms with E-state index in [2.05, 4.69) is 20.5 Å². The van der Waals surface area contributed by atoms with Gasteiger partial charge in [0.1, 0.15) is 6.61 Å². The van der Waals surface area contributed by atoms with Gasteiger partial charge in [0.25, 0.3) is 5.56 Å². The number of anilines is 1. The Hall–Kier alpha value is -3.32. The molecule has 1 aromatic heterocycles. The van der Waals surface area contributed by atoms with E-state index in [4.69, 9.17) is 21.1 Å². The number of hydrazone groups is 1. The topological polar surface area (TPSA) is 88.6 Å². The van der Waals surface area contributed by atoms with Crippen LogP contribution in [0, 0.1) is 6.92 Å². The van der Waals surface area contributed by atoms with Crippen LogP contribution in [0.25, 0.3) is 0 Å². The predicted molar refractivity (Wildman–Crippen MR) is 110 cm³/mol. The van der Waals surface area contributed by atoms with Crippen LogP contribution in [0.2, 0.25) is 5.02 Å². The first-order valence-corrected chi connectivity index (χ1v) is 8.83. The van der Waals surface area contributed by atoms with Gasteiger partial charge in [0.05, 0.1) is 13.3 Å². The quantitative estimate of drug-likeness (QED) is 0.467. The van der Waals surface area contributed by atoms with Crippen molar-refractivity contribution in [3.8, 4) is 11.5 Å². The molecule has 2 aromatic carbocycles. The molecule has 8 heteroatoms. The summed E-state index contributed by atoms with van der Waals surface area (Å²) in [7, 11) is 1.57. The van der Waals surface area contributed by atoms with E-state index in [1.165, 1.54) is 6.07 Å². The van der Waals surface area contributed by atoms with Crippen LogP contribution in [0.3, 0.4) is 0 Å². The Morgan fingerprint density at radius 1 is 1.21 bits per heavy atom. The number of nitrogens with one attached hydrogen (secondary N) is 2. The fraction of sp³-hybridized carbons (Fsp3) is 0.150. The van der Waals surface area contributed by atoms with Gasteiger partial charge in [-0.3, -0.25) is 9.78 Å². The molecule has 28 heavy (non-hydrogen) atoms. The van der Waals surface area contributed by atoms with E-state index in [1.807, 2.05) is 30.3 Å². The molecular weight excluding hydrogens is 380 g/mol. The van der Waals surface area contributed by atoms with Gasteiger partial charge < -0.3 is 9.47 Å². The van der Waals surface area contributed by atoms with Crippen molar-refractivity contribution < 1.29 is 9.47 Å². The molecule has 0 saturated heterocycles. The summed E-state index contributed by atoms with van der Waals surface area (Å²) >= 11 is 5.99. The molecular formula is C20H19ClN4O3. The number of halogens is 1. The lowest BCUT2D eigenvalue weighted by Gasteiger charge is -2.11. The van der Waals surface area contributed by atoms with Gasteiger partial charge in [-0.15, -0.1) is 0 Å². The molecule has 0 amide bonds. The number of rotatable bonds is 7. The molecule has 1 heterocycles. The van der Waals surface area contributed by atoms with Crippen molar-refractivity contribution in [3.05, 3.63) is 80.7 Å². The third-order valence-electron chi connectivity index (χ3n) is 3.72. The molecule has 0 spiro atoms. The third kappa shape index (κ3) is 5.34. The predicted octanol–water partition coefficient (Wildman–Crippen LogP) is 3.77. The molecule has 0 unspecified atom stereocenters. The van der Waals surface area contributed by atoms with E-state index in [0.717, 1.165) is 11.1 Å². The number of methoxy groups -OCH3 is 1. The average molecular weight is 399 g/mol. The number of ether oxygens (including phenoxy) is 2. The molecule has 0 bridgehead atoms. The van der Waals surface area contributed by atoms with Gasteiger partial charge in [-0.05, 0) is 48.4 Å². The number of aromatic amines is 1. The summed E-state index contributed by atoms with van der Waals surface area (Å²) in [4.78, 5) is 18.1. The van der Waals surface area contributed by atoms with Gasteiger partial charge in [-0.25, -0.2) is 10.4 Å². The van der Waals surface area contributed by atoms with Crippen molar-refractivity contribution in [1.82, 2.24) is 9.97 Å². The Morgan fingerprint density at radius 2 is 2.07 bits per heavy atom. The number of hydrogen-bond acceptors (Lipinski definition) is 6. The molecule has 2 N–H and O–H groups in total. The van der Waals surface area contributed by atoms with Crippen LogP contribution in [-0.2, 0) is 6.61 Å². The van der Waals surface area contributed by atoms with Gasteiger partial charge in [0, 0.05) is 16.8 Å². The number of aromatic nitrogens is 2.